The molecule has 102 valence electrons. The monoisotopic (exact) mass is 263 g/mol. The summed E-state index contributed by atoms with van der Waals surface area (Å²) in [6.07, 6.45) is 3.93. The molecule has 0 unspecified atom stereocenters. The predicted octanol–water partition coefficient (Wildman–Crippen LogP) is 2.26. The van der Waals surface area contributed by atoms with Gasteiger partial charge in [-0.3, -0.25) is 4.79 Å². The number of carboxylic acid groups (broad SMARTS) is 1. The molecule has 0 bridgehead atoms. The van der Waals surface area contributed by atoms with E-state index in [0.29, 0.717) is 17.4 Å². The number of aryl methyl sites for hydroxylation is 1. The third-order valence-electron chi connectivity index (χ3n) is 3.22. The molecule has 0 aromatic carbocycles. The number of rotatable bonds is 5. The zero-order valence-electron chi connectivity index (χ0n) is 11.0. The first-order valence-electron chi connectivity index (χ1n) is 6.26. The molecule has 0 saturated heterocycles. The summed E-state index contributed by atoms with van der Waals surface area (Å²) in [6, 6.07) is 1.44. The molecular weight excluding hydrogens is 246 g/mol. The first kappa shape index (κ1) is 13.4. The van der Waals surface area contributed by atoms with Crippen LogP contribution in [0.15, 0.2) is 22.1 Å². The number of furan rings is 1. The summed E-state index contributed by atoms with van der Waals surface area (Å²) in [5.74, 6) is 0.163. The van der Waals surface area contributed by atoms with Gasteiger partial charge >= 0.3 is 5.97 Å². The number of aromatic carboxylic acids is 1. The highest BCUT2D eigenvalue weighted by Gasteiger charge is 2.23. The van der Waals surface area contributed by atoms with Crippen molar-refractivity contribution >= 4 is 11.9 Å². The van der Waals surface area contributed by atoms with Crippen molar-refractivity contribution in [2.45, 2.75) is 33.2 Å². The van der Waals surface area contributed by atoms with Crippen LogP contribution in [0.4, 0.5) is 0 Å². The van der Waals surface area contributed by atoms with E-state index in [2.05, 4.69) is 5.32 Å². The van der Waals surface area contributed by atoms with Crippen LogP contribution in [0.25, 0.3) is 0 Å². The first-order valence-corrected chi connectivity index (χ1v) is 6.26. The van der Waals surface area contributed by atoms with Gasteiger partial charge in [-0.05, 0) is 38.7 Å². The van der Waals surface area contributed by atoms with E-state index >= 15 is 0 Å². The van der Waals surface area contributed by atoms with Crippen molar-refractivity contribution in [1.82, 2.24) is 5.32 Å². The maximum Gasteiger partial charge on any atom is 0.339 e. The average molecular weight is 263 g/mol. The van der Waals surface area contributed by atoms with E-state index in [1.54, 1.807) is 13.0 Å². The molecule has 1 aromatic rings. The molecule has 5 nitrogen and oxygen atoms in total. The Balaban J connectivity index is 1.91. The Morgan fingerprint density at radius 2 is 2.21 bits per heavy atom. The highest BCUT2D eigenvalue weighted by Crippen LogP contribution is 2.35. The summed E-state index contributed by atoms with van der Waals surface area (Å²) < 4.78 is 5.27. The fourth-order valence-corrected chi connectivity index (χ4v) is 1.93. The number of hydrogen-bond donors (Lipinski definition) is 2. The molecule has 19 heavy (non-hydrogen) atoms. The van der Waals surface area contributed by atoms with Gasteiger partial charge < -0.3 is 14.8 Å². The lowest BCUT2D eigenvalue weighted by Gasteiger charge is -2.00. The number of carbonyl (C=O) groups excluding carboxylic acids is 1. The fourth-order valence-electron chi connectivity index (χ4n) is 1.93. The lowest BCUT2D eigenvalue weighted by molar-refractivity contribution is -0.116. The SMILES string of the molecule is C/C(=C\C(=O)NCc1cc(C(=O)O)c(C)o1)C1CC1. The summed E-state index contributed by atoms with van der Waals surface area (Å²) in [7, 11) is 0. The van der Waals surface area contributed by atoms with Gasteiger partial charge in [0, 0.05) is 6.08 Å². The van der Waals surface area contributed by atoms with Crippen molar-refractivity contribution in [3.05, 3.63) is 34.8 Å². The molecule has 1 heterocycles. The summed E-state index contributed by atoms with van der Waals surface area (Å²) >= 11 is 0. The molecule has 1 fully saturated rings. The third-order valence-corrected chi connectivity index (χ3v) is 3.22. The van der Waals surface area contributed by atoms with Crippen LogP contribution in [0.1, 0.15) is 41.6 Å². The normalized spacial score (nSPS) is 15.4. The lowest BCUT2D eigenvalue weighted by atomic mass is 10.2. The number of allylic oxidation sites excluding steroid dienone is 1. The maximum atomic E-state index is 11.6. The minimum atomic E-state index is -1.02. The Morgan fingerprint density at radius 3 is 2.74 bits per heavy atom. The molecular formula is C14H17NO4. The van der Waals surface area contributed by atoms with Crippen LogP contribution in [0, 0.1) is 12.8 Å². The maximum absolute atomic E-state index is 11.6. The Hall–Kier alpha value is -2.04. The van der Waals surface area contributed by atoms with E-state index in [4.69, 9.17) is 9.52 Å². The molecule has 2 rings (SSSR count). The van der Waals surface area contributed by atoms with Crippen LogP contribution in [-0.2, 0) is 11.3 Å². The van der Waals surface area contributed by atoms with E-state index in [1.807, 2.05) is 6.92 Å². The third kappa shape index (κ3) is 3.47. The van der Waals surface area contributed by atoms with Gasteiger partial charge in [-0.2, -0.15) is 0 Å². The Morgan fingerprint density at radius 1 is 1.53 bits per heavy atom. The second kappa shape index (κ2) is 5.30. The van der Waals surface area contributed by atoms with E-state index in [0.717, 1.165) is 18.4 Å². The standard InChI is InChI=1S/C14H17NO4/c1-8(10-3-4-10)5-13(16)15-7-11-6-12(14(17)18)9(2)19-11/h5-6,10H,3-4,7H2,1-2H3,(H,15,16)(H,17,18)/b8-5+. The van der Waals surface area contributed by atoms with Gasteiger partial charge in [-0.15, -0.1) is 0 Å². The predicted molar refractivity (Wildman–Crippen MR) is 68.7 cm³/mol. The molecule has 5 heteroatoms. The molecule has 0 atom stereocenters. The minimum Gasteiger partial charge on any atom is -0.478 e. The highest BCUT2D eigenvalue weighted by molar-refractivity contribution is 5.89. The summed E-state index contributed by atoms with van der Waals surface area (Å²) in [4.78, 5) is 22.5. The van der Waals surface area contributed by atoms with Crippen LogP contribution in [0.5, 0.6) is 0 Å². The molecule has 0 spiro atoms. The molecule has 1 aliphatic carbocycles. The van der Waals surface area contributed by atoms with Gasteiger partial charge in [0.1, 0.15) is 17.1 Å². The largest absolute Gasteiger partial charge is 0.478 e. The Labute approximate surface area is 111 Å². The second-order valence-electron chi connectivity index (χ2n) is 4.87. The molecule has 0 radical (unpaired) electrons. The number of carbonyl (C=O) groups is 2. The zero-order valence-corrected chi connectivity index (χ0v) is 11.0. The van der Waals surface area contributed by atoms with E-state index in [1.165, 1.54) is 6.07 Å². The quantitative estimate of drug-likeness (QED) is 0.798. The summed E-state index contributed by atoms with van der Waals surface area (Å²) in [6.45, 7) is 3.74. The van der Waals surface area contributed by atoms with E-state index < -0.39 is 5.97 Å². The summed E-state index contributed by atoms with van der Waals surface area (Å²) in [5, 5.41) is 11.6. The van der Waals surface area contributed by atoms with Gasteiger partial charge in [0.25, 0.3) is 0 Å². The van der Waals surface area contributed by atoms with Crippen LogP contribution in [0.2, 0.25) is 0 Å². The number of hydrogen-bond acceptors (Lipinski definition) is 3. The smallest absolute Gasteiger partial charge is 0.339 e. The van der Waals surface area contributed by atoms with Gasteiger partial charge in [-0.25, -0.2) is 4.79 Å². The van der Waals surface area contributed by atoms with Gasteiger partial charge in [0.05, 0.1) is 6.54 Å². The van der Waals surface area contributed by atoms with Crippen LogP contribution in [-0.4, -0.2) is 17.0 Å². The molecule has 1 aliphatic rings. The van der Waals surface area contributed by atoms with Crippen molar-refractivity contribution in [1.29, 1.82) is 0 Å². The minimum absolute atomic E-state index is 0.133. The molecule has 1 saturated carbocycles. The summed E-state index contributed by atoms with van der Waals surface area (Å²) in [5.41, 5.74) is 1.23. The van der Waals surface area contributed by atoms with E-state index in [9.17, 15) is 9.59 Å². The van der Waals surface area contributed by atoms with Crippen molar-refractivity contribution in [2.24, 2.45) is 5.92 Å². The van der Waals surface area contributed by atoms with Gasteiger partial charge in [0.2, 0.25) is 5.91 Å². The Kier molecular flexibility index (Phi) is 3.74. The van der Waals surface area contributed by atoms with Crippen molar-refractivity contribution in [3.63, 3.8) is 0 Å². The molecule has 1 aromatic heterocycles. The first-order chi connectivity index (χ1) is 8.97. The number of nitrogens with one attached hydrogen (secondary N) is 1. The van der Waals surface area contributed by atoms with Gasteiger partial charge in [0.15, 0.2) is 0 Å². The Bertz CT molecular complexity index is 538. The second-order valence-corrected chi connectivity index (χ2v) is 4.87. The van der Waals surface area contributed by atoms with Gasteiger partial charge in [-0.1, -0.05) is 5.57 Å². The fraction of sp³-hybridized carbons (Fsp3) is 0.429. The number of amides is 1. The van der Waals surface area contributed by atoms with Crippen molar-refractivity contribution in [2.75, 3.05) is 0 Å². The van der Waals surface area contributed by atoms with Crippen molar-refractivity contribution in [3.8, 4) is 0 Å². The lowest BCUT2D eigenvalue weighted by Crippen LogP contribution is -2.20. The van der Waals surface area contributed by atoms with Crippen LogP contribution in [0.3, 0.4) is 0 Å². The molecule has 2 N–H and O–H groups in total. The van der Waals surface area contributed by atoms with Crippen LogP contribution >= 0.6 is 0 Å². The highest BCUT2D eigenvalue weighted by atomic mass is 16.4. The average Bonchev–Trinajstić information content (AvgIpc) is 3.10. The zero-order chi connectivity index (χ0) is 14.0. The van der Waals surface area contributed by atoms with Crippen molar-refractivity contribution < 1.29 is 19.1 Å². The van der Waals surface area contributed by atoms with E-state index in [-0.39, 0.29) is 18.0 Å². The molecule has 1 amide bonds. The number of carboxylic acids is 1. The molecule has 0 aliphatic heterocycles. The topological polar surface area (TPSA) is 79.5 Å². The van der Waals surface area contributed by atoms with Crippen LogP contribution < -0.4 is 5.32 Å².